The molecule has 2 rings (SSSR count). The SMILES string of the molecule is CC.Cc1nc2ccc(C#CCBr)cc2[nH]1. The van der Waals surface area contributed by atoms with Gasteiger partial charge in [-0.3, -0.25) is 0 Å². The van der Waals surface area contributed by atoms with Gasteiger partial charge in [-0.15, -0.1) is 0 Å². The zero-order valence-corrected chi connectivity index (χ0v) is 11.4. The molecule has 0 aliphatic carbocycles. The molecule has 1 N–H and O–H groups in total. The lowest BCUT2D eigenvalue weighted by Gasteiger charge is -1.89. The Labute approximate surface area is 105 Å². The average Bonchev–Trinajstić information content (AvgIpc) is 2.68. The summed E-state index contributed by atoms with van der Waals surface area (Å²) >= 11 is 3.27. The molecule has 0 aliphatic rings. The number of aryl methyl sites for hydroxylation is 1. The number of hydrogen-bond acceptors (Lipinski definition) is 1. The van der Waals surface area contributed by atoms with Crippen LogP contribution in [0.2, 0.25) is 0 Å². The van der Waals surface area contributed by atoms with Crippen LogP contribution in [0.25, 0.3) is 11.0 Å². The molecular formula is C13H15BrN2. The molecule has 2 aromatic rings. The van der Waals surface area contributed by atoms with Gasteiger partial charge in [-0.25, -0.2) is 4.98 Å². The molecule has 1 heterocycles. The Kier molecular flexibility index (Phi) is 5.07. The summed E-state index contributed by atoms with van der Waals surface area (Å²) in [5, 5.41) is 0.701. The van der Waals surface area contributed by atoms with Crippen molar-refractivity contribution in [2.75, 3.05) is 5.33 Å². The minimum absolute atomic E-state index is 0.701. The molecule has 2 nitrogen and oxygen atoms in total. The first kappa shape index (κ1) is 12.8. The van der Waals surface area contributed by atoms with E-state index in [9.17, 15) is 0 Å². The van der Waals surface area contributed by atoms with E-state index in [1.165, 1.54) is 0 Å². The molecule has 0 aliphatic heterocycles. The molecule has 0 saturated carbocycles. The number of rotatable bonds is 0. The highest BCUT2D eigenvalue weighted by Gasteiger charge is 1.98. The number of imidazole rings is 1. The molecular weight excluding hydrogens is 264 g/mol. The first-order valence-corrected chi connectivity index (χ1v) is 6.43. The van der Waals surface area contributed by atoms with Crippen molar-refractivity contribution in [3.05, 3.63) is 29.6 Å². The Bertz CT molecular complexity index is 517. The van der Waals surface area contributed by atoms with Crippen molar-refractivity contribution < 1.29 is 0 Å². The maximum atomic E-state index is 4.32. The van der Waals surface area contributed by atoms with E-state index >= 15 is 0 Å². The second-order valence-electron chi connectivity index (χ2n) is 2.99. The predicted octanol–water partition coefficient (Wildman–Crippen LogP) is 3.64. The van der Waals surface area contributed by atoms with Gasteiger partial charge in [-0.05, 0) is 25.1 Å². The fourth-order valence-electron chi connectivity index (χ4n) is 1.35. The van der Waals surface area contributed by atoms with Gasteiger partial charge in [0.15, 0.2) is 0 Å². The molecule has 0 unspecified atom stereocenters. The van der Waals surface area contributed by atoms with Crippen LogP contribution in [0.5, 0.6) is 0 Å². The van der Waals surface area contributed by atoms with Crippen LogP contribution in [0.1, 0.15) is 25.2 Å². The summed E-state index contributed by atoms with van der Waals surface area (Å²) in [4.78, 5) is 7.51. The molecule has 0 bridgehead atoms. The third-order valence-corrected chi connectivity index (χ3v) is 2.18. The molecule has 0 saturated heterocycles. The second kappa shape index (κ2) is 6.34. The van der Waals surface area contributed by atoms with Gasteiger partial charge < -0.3 is 4.98 Å². The number of nitrogens with zero attached hydrogens (tertiary/aromatic N) is 1. The Morgan fingerprint density at radius 1 is 1.38 bits per heavy atom. The van der Waals surface area contributed by atoms with Gasteiger partial charge in [-0.1, -0.05) is 41.6 Å². The zero-order chi connectivity index (χ0) is 12.0. The fraction of sp³-hybridized carbons (Fsp3) is 0.308. The molecule has 0 amide bonds. The van der Waals surface area contributed by atoms with Crippen molar-refractivity contribution in [2.24, 2.45) is 0 Å². The minimum atomic E-state index is 0.701. The molecule has 16 heavy (non-hydrogen) atoms. The number of alkyl halides is 1. The highest BCUT2D eigenvalue weighted by atomic mass is 79.9. The van der Waals surface area contributed by atoms with Crippen molar-refractivity contribution >= 4 is 27.0 Å². The number of fused-ring (bicyclic) bond motifs is 1. The van der Waals surface area contributed by atoms with Crippen LogP contribution in [-0.4, -0.2) is 15.3 Å². The van der Waals surface area contributed by atoms with Gasteiger partial charge in [-0.2, -0.15) is 0 Å². The first-order valence-electron chi connectivity index (χ1n) is 5.31. The lowest BCUT2D eigenvalue weighted by atomic mass is 10.2. The Balaban J connectivity index is 0.000000606. The molecule has 0 fully saturated rings. The summed E-state index contributed by atoms with van der Waals surface area (Å²) in [6.45, 7) is 5.95. The summed E-state index contributed by atoms with van der Waals surface area (Å²) in [6.07, 6.45) is 0. The number of hydrogen-bond donors (Lipinski definition) is 1. The van der Waals surface area contributed by atoms with Gasteiger partial charge in [0.05, 0.1) is 16.4 Å². The van der Waals surface area contributed by atoms with Crippen molar-refractivity contribution in [2.45, 2.75) is 20.8 Å². The standard InChI is InChI=1S/C11H9BrN2.C2H6/c1-8-13-10-5-4-9(3-2-6-12)7-11(10)14-8;1-2/h4-5,7H,6H2,1H3,(H,13,14);1-2H3. The van der Waals surface area contributed by atoms with Gasteiger partial charge in [0.25, 0.3) is 0 Å². The van der Waals surface area contributed by atoms with E-state index in [2.05, 4.69) is 37.7 Å². The zero-order valence-electron chi connectivity index (χ0n) is 9.76. The van der Waals surface area contributed by atoms with E-state index in [1.807, 2.05) is 39.0 Å². The van der Waals surface area contributed by atoms with Crippen LogP contribution >= 0.6 is 15.9 Å². The third-order valence-electron chi connectivity index (χ3n) is 1.90. The van der Waals surface area contributed by atoms with E-state index in [0.29, 0.717) is 5.33 Å². The number of aromatic nitrogens is 2. The maximum absolute atomic E-state index is 4.32. The highest BCUT2D eigenvalue weighted by Crippen LogP contribution is 2.12. The van der Waals surface area contributed by atoms with Crippen molar-refractivity contribution in [3.63, 3.8) is 0 Å². The molecule has 0 atom stereocenters. The second-order valence-corrected chi connectivity index (χ2v) is 3.55. The van der Waals surface area contributed by atoms with Crippen molar-refractivity contribution in [1.82, 2.24) is 9.97 Å². The van der Waals surface area contributed by atoms with E-state index in [0.717, 1.165) is 22.4 Å². The summed E-state index contributed by atoms with van der Waals surface area (Å²) in [6, 6.07) is 5.99. The topological polar surface area (TPSA) is 28.7 Å². The van der Waals surface area contributed by atoms with Gasteiger partial charge in [0, 0.05) is 5.56 Å². The maximum Gasteiger partial charge on any atom is 0.104 e. The smallest absolute Gasteiger partial charge is 0.104 e. The number of H-pyrrole nitrogens is 1. The normalized spacial score (nSPS) is 9.00. The monoisotopic (exact) mass is 278 g/mol. The fourth-order valence-corrected chi connectivity index (χ4v) is 1.49. The quantitative estimate of drug-likeness (QED) is 0.579. The largest absolute Gasteiger partial charge is 0.342 e. The number of halogens is 1. The first-order chi connectivity index (χ1) is 7.79. The van der Waals surface area contributed by atoms with E-state index in [4.69, 9.17) is 0 Å². The van der Waals surface area contributed by atoms with Crippen LogP contribution in [-0.2, 0) is 0 Å². The van der Waals surface area contributed by atoms with Crippen LogP contribution in [0, 0.1) is 18.8 Å². The molecule has 1 aromatic carbocycles. The number of nitrogens with one attached hydrogen (secondary N) is 1. The molecule has 1 aromatic heterocycles. The van der Waals surface area contributed by atoms with Gasteiger partial charge >= 0.3 is 0 Å². The summed E-state index contributed by atoms with van der Waals surface area (Å²) in [7, 11) is 0. The van der Waals surface area contributed by atoms with Gasteiger partial charge in [0.1, 0.15) is 5.82 Å². The highest BCUT2D eigenvalue weighted by molar-refractivity contribution is 9.09. The third kappa shape index (κ3) is 3.11. The lowest BCUT2D eigenvalue weighted by Crippen LogP contribution is -1.75. The van der Waals surface area contributed by atoms with Crippen LogP contribution in [0.3, 0.4) is 0 Å². The van der Waals surface area contributed by atoms with E-state index in [1.54, 1.807) is 0 Å². The van der Waals surface area contributed by atoms with Crippen LogP contribution in [0.15, 0.2) is 18.2 Å². The predicted molar refractivity (Wildman–Crippen MR) is 72.9 cm³/mol. The summed E-state index contributed by atoms with van der Waals surface area (Å²) in [5.74, 6) is 6.96. The number of aromatic amines is 1. The summed E-state index contributed by atoms with van der Waals surface area (Å²) < 4.78 is 0. The molecule has 0 radical (unpaired) electrons. The number of benzene rings is 1. The minimum Gasteiger partial charge on any atom is -0.342 e. The van der Waals surface area contributed by atoms with Crippen molar-refractivity contribution in [1.29, 1.82) is 0 Å². The Hall–Kier alpha value is -1.27. The summed E-state index contributed by atoms with van der Waals surface area (Å²) in [5.41, 5.74) is 3.05. The molecule has 3 heteroatoms. The van der Waals surface area contributed by atoms with Gasteiger partial charge in [0.2, 0.25) is 0 Å². The Morgan fingerprint density at radius 3 is 2.81 bits per heavy atom. The van der Waals surface area contributed by atoms with Crippen molar-refractivity contribution in [3.8, 4) is 11.8 Å². The van der Waals surface area contributed by atoms with E-state index in [-0.39, 0.29) is 0 Å². The molecule has 84 valence electrons. The van der Waals surface area contributed by atoms with E-state index < -0.39 is 0 Å². The average molecular weight is 279 g/mol. The molecule has 0 spiro atoms. The Morgan fingerprint density at radius 2 is 2.12 bits per heavy atom. The lowest BCUT2D eigenvalue weighted by molar-refractivity contribution is 1.17. The van der Waals surface area contributed by atoms with Crippen LogP contribution < -0.4 is 0 Å². The van der Waals surface area contributed by atoms with Crippen LogP contribution in [0.4, 0.5) is 0 Å².